The molecule has 28 heavy (non-hydrogen) atoms. The van der Waals surface area contributed by atoms with E-state index in [0.29, 0.717) is 12.0 Å². The second-order valence-electron chi connectivity index (χ2n) is 7.72. The number of hydrogen-bond donors (Lipinski definition) is 2. The van der Waals surface area contributed by atoms with Crippen LogP contribution in [0.4, 0.5) is 0 Å². The second kappa shape index (κ2) is 12.6. The first-order valence-corrected chi connectivity index (χ1v) is 9.83. The van der Waals surface area contributed by atoms with Crippen LogP contribution in [0.2, 0.25) is 0 Å². The van der Waals surface area contributed by atoms with E-state index in [9.17, 15) is 0 Å². The van der Waals surface area contributed by atoms with Gasteiger partial charge in [0.05, 0.1) is 25.5 Å². The molecule has 0 aromatic carbocycles. The number of aliphatic imine (C=N–C) groups is 1. The van der Waals surface area contributed by atoms with Crippen LogP contribution in [-0.4, -0.2) is 92.1 Å². The summed E-state index contributed by atoms with van der Waals surface area (Å²) in [5.41, 5.74) is 1.19. The van der Waals surface area contributed by atoms with Crippen molar-refractivity contribution in [3.05, 3.63) is 18.0 Å². The number of nitrogens with zero attached hydrogens (tertiary/aromatic N) is 5. The highest BCUT2D eigenvalue weighted by molar-refractivity contribution is 14.0. The van der Waals surface area contributed by atoms with E-state index in [0.717, 1.165) is 45.4 Å². The Labute approximate surface area is 187 Å². The zero-order valence-electron chi connectivity index (χ0n) is 18.2. The van der Waals surface area contributed by atoms with E-state index in [1.54, 1.807) is 0 Å². The molecule has 1 saturated heterocycles. The summed E-state index contributed by atoms with van der Waals surface area (Å²) in [5.74, 6) is 1.41. The molecule has 2 heterocycles. The number of ether oxygens (including phenoxy) is 1. The first kappa shape index (κ1) is 25.1. The van der Waals surface area contributed by atoms with Crippen LogP contribution in [0.1, 0.15) is 25.5 Å². The summed E-state index contributed by atoms with van der Waals surface area (Å²) in [6.45, 7) is 9.85. The van der Waals surface area contributed by atoms with Gasteiger partial charge < -0.3 is 20.3 Å². The van der Waals surface area contributed by atoms with Crippen molar-refractivity contribution in [3.8, 4) is 0 Å². The van der Waals surface area contributed by atoms with Crippen LogP contribution >= 0.6 is 24.0 Å². The molecular formula is C19H38IN7O. The largest absolute Gasteiger partial charge is 0.379 e. The molecule has 2 rings (SSSR count). The van der Waals surface area contributed by atoms with Crippen LogP contribution in [0.25, 0.3) is 0 Å². The number of likely N-dealkylation sites (N-methyl/N-ethyl adjacent to an activating group) is 1. The lowest BCUT2D eigenvalue weighted by molar-refractivity contribution is 0.00752. The number of guanidine groups is 1. The topological polar surface area (TPSA) is 70.0 Å². The third-order valence-corrected chi connectivity index (χ3v) is 5.18. The highest BCUT2D eigenvalue weighted by Gasteiger charge is 2.24. The molecule has 1 aliphatic heterocycles. The SMILES string of the molecule is CN=C(NCC(c1cnn(C)c1)N(C)C)NCC(C(C)C)N1CCOCC1.I. The minimum atomic E-state index is 0. The molecule has 0 saturated carbocycles. The monoisotopic (exact) mass is 507 g/mol. The second-order valence-corrected chi connectivity index (χ2v) is 7.72. The smallest absolute Gasteiger partial charge is 0.191 e. The number of aromatic nitrogens is 2. The van der Waals surface area contributed by atoms with Crippen LogP contribution < -0.4 is 10.6 Å². The van der Waals surface area contributed by atoms with Crippen molar-refractivity contribution in [1.82, 2.24) is 30.2 Å². The first-order valence-electron chi connectivity index (χ1n) is 9.83. The molecule has 1 aliphatic rings. The molecule has 0 bridgehead atoms. The molecule has 2 unspecified atom stereocenters. The summed E-state index contributed by atoms with van der Waals surface area (Å²) in [4.78, 5) is 9.12. The van der Waals surface area contributed by atoms with Gasteiger partial charge in [-0.2, -0.15) is 5.10 Å². The third kappa shape index (κ3) is 7.49. The summed E-state index contributed by atoms with van der Waals surface area (Å²) in [7, 11) is 7.94. The fraction of sp³-hybridized carbons (Fsp3) is 0.789. The third-order valence-electron chi connectivity index (χ3n) is 5.18. The van der Waals surface area contributed by atoms with Crippen LogP contribution in [-0.2, 0) is 11.8 Å². The van der Waals surface area contributed by atoms with Gasteiger partial charge in [0.25, 0.3) is 0 Å². The summed E-state index contributed by atoms with van der Waals surface area (Å²) in [5, 5.41) is 11.3. The van der Waals surface area contributed by atoms with Crippen LogP contribution in [0.15, 0.2) is 17.4 Å². The van der Waals surface area contributed by atoms with Gasteiger partial charge in [-0.1, -0.05) is 13.8 Å². The Morgan fingerprint density at radius 3 is 2.39 bits per heavy atom. The fourth-order valence-corrected chi connectivity index (χ4v) is 3.52. The van der Waals surface area contributed by atoms with Crippen molar-refractivity contribution in [3.63, 3.8) is 0 Å². The van der Waals surface area contributed by atoms with Gasteiger partial charge in [0.15, 0.2) is 5.96 Å². The highest BCUT2D eigenvalue weighted by atomic mass is 127. The predicted molar refractivity (Wildman–Crippen MR) is 125 cm³/mol. The van der Waals surface area contributed by atoms with Gasteiger partial charge in [-0.05, 0) is 20.0 Å². The van der Waals surface area contributed by atoms with E-state index >= 15 is 0 Å². The van der Waals surface area contributed by atoms with Gasteiger partial charge >= 0.3 is 0 Å². The number of morpholine rings is 1. The molecule has 1 aromatic heterocycles. The molecule has 0 spiro atoms. The van der Waals surface area contributed by atoms with Crippen LogP contribution in [0.5, 0.6) is 0 Å². The van der Waals surface area contributed by atoms with E-state index < -0.39 is 0 Å². The van der Waals surface area contributed by atoms with Gasteiger partial charge in [-0.25, -0.2) is 0 Å². The van der Waals surface area contributed by atoms with Gasteiger partial charge in [0.2, 0.25) is 0 Å². The molecule has 8 nitrogen and oxygen atoms in total. The molecule has 1 aromatic rings. The Hall–Kier alpha value is -0.910. The standard InChI is InChI=1S/C19H37N7O.HI/c1-15(2)17(26-7-9-27-10-8-26)12-21-19(20-3)22-13-18(24(4)5)16-11-23-25(6)14-16;/h11,14-15,17-18H,7-10,12-13H2,1-6H3,(H2,20,21,22);1H. The van der Waals surface area contributed by atoms with E-state index in [1.807, 2.05) is 25.0 Å². The average molecular weight is 507 g/mol. The van der Waals surface area contributed by atoms with Crippen molar-refractivity contribution in [2.24, 2.45) is 18.0 Å². The molecule has 0 aliphatic carbocycles. The van der Waals surface area contributed by atoms with Crippen molar-refractivity contribution in [1.29, 1.82) is 0 Å². The van der Waals surface area contributed by atoms with Crippen molar-refractivity contribution < 1.29 is 4.74 Å². The molecular weight excluding hydrogens is 469 g/mol. The summed E-state index contributed by atoms with van der Waals surface area (Å²) < 4.78 is 7.34. The molecule has 2 N–H and O–H groups in total. The number of halogens is 1. The summed E-state index contributed by atoms with van der Waals surface area (Å²) in [6.07, 6.45) is 3.99. The maximum absolute atomic E-state index is 5.50. The Balaban J connectivity index is 0.00000392. The zero-order chi connectivity index (χ0) is 19.8. The lowest BCUT2D eigenvalue weighted by Crippen LogP contribution is -2.53. The Morgan fingerprint density at radius 2 is 1.89 bits per heavy atom. The van der Waals surface area contributed by atoms with Gasteiger partial charge in [0.1, 0.15) is 0 Å². The molecule has 162 valence electrons. The maximum atomic E-state index is 5.50. The van der Waals surface area contributed by atoms with Crippen LogP contribution in [0, 0.1) is 5.92 Å². The maximum Gasteiger partial charge on any atom is 0.191 e. The van der Waals surface area contributed by atoms with E-state index in [2.05, 4.69) is 64.7 Å². The minimum absolute atomic E-state index is 0. The predicted octanol–water partition coefficient (Wildman–Crippen LogP) is 1.16. The van der Waals surface area contributed by atoms with Gasteiger partial charge in [0, 0.05) is 58.1 Å². The lowest BCUT2D eigenvalue weighted by Gasteiger charge is -2.37. The quantitative estimate of drug-likeness (QED) is 0.313. The van der Waals surface area contributed by atoms with E-state index in [1.165, 1.54) is 5.56 Å². The van der Waals surface area contributed by atoms with Crippen LogP contribution in [0.3, 0.4) is 0 Å². The van der Waals surface area contributed by atoms with Gasteiger partial charge in [-0.3, -0.25) is 14.6 Å². The number of rotatable bonds is 8. The Morgan fingerprint density at radius 1 is 1.25 bits per heavy atom. The first-order chi connectivity index (χ1) is 12.9. The minimum Gasteiger partial charge on any atom is -0.379 e. The zero-order valence-corrected chi connectivity index (χ0v) is 20.5. The molecule has 9 heteroatoms. The normalized spacial score (nSPS) is 18.1. The van der Waals surface area contributed by atoms with E-state index in [4.69, 9.17) is 4.74 Å². The number of aryl methyl sites for hydroxylation is 1. The van der Waals surface area contributed by atoms with Crippen molar-refractivity contribution in [2.75, 3.05) is 60.5 Å². The lowest BCUT2D eigenvalue weighted by atomic mass is 10.0. The average Bonchev–Trinajstić information content (AvgIpc) is 3.06. The van der Waals surface area contributed by atoms with Crippen molar-refractivity contribution in [2.45, 2.75) is 25.9 Å². The molecule has 0 radical (unpaired) electrons. The fourth-order valence-electron chi connectivity index (χ4n) is 3.52. The number of nitrogens with one attached hydrogen (secondary N) is 2. The number of hydrogen-bond acceptors (Lipinski definition) is 5. The van der Waals surface area contributed by atoms with E-state index in [-0.39, 0.29) is 30.0 Å². The Bertz CT molecular complexity index is 585. The Kier molecular flexibility index (Phi) is 11.3. The summed E-state index contributed by atoms with van der Waals surface area (Å²) in [6, 6.07) is 0.702. The molecule has 2 atom stereocenters. The highest BCUT2D eigenvalue weighted by Crippen LogP contribution is 2.16. The van der Waals surface area contributed by atoms with Crippen molar-refractivity contribution >= 4 is 29.9 Å². The summed E-state index contributed by atoms with van der Waals surface area (Å²) >= 11 is 0. The molecule has 0 amide bonds. The van der Waals surface area contributed by atoms with Gasteiger partial charge in [-0.15, -0.1) is 24.0 Å². The molecule has 1 fully saturated rings.